The van der Waals surface area contributed by atoms with Gasteiger partial charge in [0.1, 0.15) is 23.2 Å². The number of hydrogen-bond donors (Lipinski definition) is 4. The van der Waals surface area contributed by atoms with Gasteiger partial charge in [-0.15, -0.1) is 0 Å². The fraction of sp³-hybridized carbons (Fsp3) is 0.321. The average Bonchev–Trinajstić information content (AvgIpc) is 2.91. The molecule has 216 valence electrons. The van der Waals surface area contributed by atoms with Crippen molar-refractivity contribution in [1.29, 1.82) is 5.26 Å². The predicted molar refractivity (Wildman–Crippen MR) is 147 cm³/mol. The van der Waals surface area contributed by atoms with Crippen molar-refractivity contribution >= 4 is 29.4 Å². The molecule has 2 aromatic heterocycles. The molecule has 0 saturated heterocycles. The molecular formula is C28H29ClF2N6O4. The minimum Gasteiger partial charge on any atom is -0.505 e. The number of carbonyl (C=O) groups excluding carboxylic acids is 2. The fourth-order valence-electron chi connectivity index (χ4n) is 3.58. The molecule has 0 aliphatic heterocycles. The standard InChI is InChI=1S/C28H29ClF2N6O4/c1-27(2,3)41-26(40)35-14-17-7-8-20(29)10-19(17)15-34-24(38)12-21-25(39)18(13-32)11-23(37-21)36-16-28(30,31)22-6-4-5-9-33-22/h4-11,39H,12,14-16H2,1-3H3,(H,34,38)(H,35,40)(H,36,37). The summed E-state index contributed by atoms with van der Waals surface area (Å²) in [6.45, 7) is 4.47. The van der Waals surface area contributed by atoms with Crippen LogP contribution in [0.4, 0.5) is 19.4 Å². The van der Waals surface area contributed by atoms with Crippen LogP contribution in [0.3, 0.4) is 0 Å². The smallest absolute Gasteiger partial charge is 0.407 e. The summed E-state index contributed by atoms with van der Waals surface area (Å²) >= 11 is 6.12. The van der Waals surface area contributed by atoms with Gasteiger partial charge in [0.15, 0.2) is 5.75 Å². The number of nitrogens with zero attached hydrogens (tertiary/aromatic N) is 3. The lowest BCUT2D eigenvalue weighted by Crippen LogP contribution is -2.32. The largest absolute Gasteiger partial charge is 0.505 e. The Bertz CT molecular complexity index is 1440. The van der Waals surface area contributed by atoms with Crippen molar-refractivity contribution in [1.82, 2.24) is 20.6 Å². The minimum absolute atomic E-state index is 0.0187. The minimum atomic E-state index is -3.35. The van der Waals surface area contributed by atoms with Crippen molar-refractivity contribution < 1.29 is 28.2 Å². The van der Waals surface area contributed by atoms with Gasteiger partial charge < -0.3 is 25.8 Å². The zero-order valence-corrected chi connectivity index (χ0v) is 23.4. The Morgan fingerprint density at radius 2 is 1.83 bits per heavy atom. The van der Waals surface area contributed by atoms with Crippen molar-refractivity contribution in [3.05, 3.63) is 81.8 Å². The third-order valence-corrected chi connectivity index (χ3v) is 5.75. The van der Waals surface area contributed by atoms with Gasteiger partial charge in [0.05, 0.1) is 24.2 Å². The zero-order chi connectivity index (χ0) is 30.2. The molecule has 4 N–H and O–H groups in total. The maximum absolute atomic E-state index is 14.5. The number of nitriles is 1. The van der Waals surface area contributed by atoms with Crippen LogP contribution in [-0.2, 0) is 35.0 Å². The topological polar surface area (TPSA) is 149 Å². The number of pyridine rings is 2. The highest BCUT2D eigenvalue weighted by Crippen LogP contribution is 2.28. The second kappa shape index (κ2) is 13.2. The van der Waals surface area contributed by atoms with Gasteiger partial charge in [0.25, 0.3) is 0 Å². The maximum Gasteiger partial charge on any atom is 0.407 e. The number of halogens is 3. The quantitative estimate of drug-likeness (QED) is 0.265. The number of aromatic hydroxyl groups is 1. The molecule has 0 bridgehead atoms. The molecule has 0 fully saturated rings. The Morgan fingerprint density at radius 1 is 1.10 bits per heavy atom. The van der Waals surface area contributed by atoms with E-state index in [1.54, 1.807) is 45.0 Å². The van der Waals surface area contributed by atoms with Crippen LogP contribution in [-0.4, -0.2) is 39.2 Å². The third kappa shape index (κ3) is 9.29. The number of benzene rings is 1. The molecule has 0 radical (unpaired) electrons. The Balaban J connectivity index is 1.67. The number of hydrogen-bond acceptors (Lipinski definition) is 8. The lowest BCUT2D eigenvalue weighted by Gasteiger charge is -2.20. The molecule has 13 heteroatoms. The summed E-state index contributed by atoms with van der Waals surface area (Å²) in [6.07, 6.45) is 0.193. The number of anilines is 1. The number of alkyl carbamates (subject to hydrolysis) is 1. The van der Waals surface area contributed by atoms with Crippen LogP contribution >= 0.6 is 11.6 Å². The van der Waals surface area contributed by atoms with Gasteiger partial charge in [0.2, 0.25) is 5.91 Å². The highest BCUT2D eigenvalue weighted by atomic mass is 35.5. The molecule has 3 rings (SSSR count). The van der Waals surface area contributed by atoms with Gasteiger partial charge in [-0.3, -0.25) is 9.78 Å². The van der Waals surface area contributed by atoms with E-state index in [9.17, 15) is 28.7 Å². The molecule has 41 heavy (non-hydrogen) atoms. The second-order valence-corrected chi connectivity index (χ2v) is 10.4. The molecule has 2 amide bonds. The van der Waals surface area contributed by atoms with Crippen molar-refractivity contribution in [3.63, 3.8) is 0 Å². The van der Waals surface area contributed by atoms with Crippen LogP contribution < -0.4 is 16.0 Å². The Kier molecular flexibility index (Phi) is 10.0. The van der Waals surface area contributed by atoms with Crippen LogP contribution in [0.5, 0.6) is 5.75 Å². The lowest BCUT2D eigenvalue weighted by molar-refractivity contribution is -0.120. The summed E-state index contributed by atoms with van der Waals surface area (Å²) in [4.78, 5) is 32.5. The predicted octanol–water partition coefficient (Wildman–Crippen LogP) is 4.79. The first-order valence-corrected chi connectivity index (χ1v) is 12.8. The zero-order valence-electron chi connectivity index (χ0n) is 22.6. The van der Waals surface area contributed by atoms with E-state index in [-0.39, 0.29) is 30.2 Å². The van der Waals surface area contributed by atoms with Gasteiger partial charge in [-0.1, -0.05) is 23.7 Å². The van der Waals surface area contributed by atoms with Crippen LogP contribution in [0, 0.1) is 11.3 Å². The van der Waals surface area contributed by atoms with E-state index in [4.69, 9.17) is 16.3 Å². The van der Waals surface area contributed by atoms with Gasteiger partial charge in [-0.2, -0.15) is 14.0 Å². The summed E-state index contributed by atoms with van der Waals surface area (Å²) in [5.41, 5.74) is -0.246. The molecule has 0 atom stereocenters. The van der Waals surface area contributed by atoms with Crippen LogP contribution in [0.1, 0.15) is 48.8 Å². The van der Waals surface area contributed by atoms with Crippen LogP contribution in [0.2, 0.25) is 5.02 Å². The van der Waals surface area contributed by atoms with E-state index < -0.39 is 47.9 Å². The Labute approximate surface area is 240 Å². The van der Waals surface area contributed by atoms with Gasteiger partial charge in [-0.25, -0.2) is 9.78 Å². The van der Waals surface area contributed by atoms with Crippen LogP contribution in [0.15, 0.2) is 48.7 Å². The molecule has 0 aliphatic carbocycles. The number of rotatable bonds is 10. The van der Waals surface area contributed by atoms with Crippen LogP contribution in [0.25, 0.3) is 0 Å². The highest BCUT2D eigenvalue weighted by molar-refractivity contribution is 6.30. The second-order valence-electron chi connectivity index (χ2n) is 9.96. The summed E-state index contributed by atoms with van der Waals surface area (Å²) < 4.78 is 34.3. The van der Waals surface area contributed by atoms with Gasteiger partial charge >= 0.3 is 12.0 Å². The normalized spacial score (nSPS) is 11.3. The monoisotopic (exact) mass is 586 g/mol. The van der Waals surface area contributed by atoms with E-state index in [2.05, 4.69) is 25.9 Å². The fourth-order valence-corrected chi connectivity index (χ4v) is 3.78. The van der Waals surface area contributed by atoms with Crippen molar-refractivity contribution in [2.45, 2.75) is 51.8 Å². The summed E-state index contributed by atoms with van der Waals surface area (Å²) in [6, 6.07) is 12.0. The molecule has 3 aromatic rings. The number of nitrogens with one attached hydrogen (secondary N) is 3. The molecule has 0 aliphatic rings. The van der Waals surface area contributed by atoms with Crippen molar-refractivity contribution in [2.75, 3.05) is 11.9 Å². The average molecular weight is 587 g/mol. The Morgan fingerprint density at radius 3 is 2.49 bits per heavy atom. The molecule has 0 spiro atoms. The van der Waals surface area contributed by atoms with Crippen molar-refractivity contribution in [3.8, 4) is 11.8 Å². The third-order valence-electron chi connectivity index (χ3n) is 5.51. The van der Waals surface area contributed by atoms with E-state index in [0.717, 1.165) is 6.07 Å². The van der Waals surface area contributed by atoms with Crippen molar-refractivity contribution in [2.24, 2.45) is 0 Å². The molecular weight excluding hydrogens is 558 g/mol. The molecule has 1 aromatic carbocycles. The molecule has 10 nitrogen and oxygen atoms in total. The van der Waals surface area contributed by atoms with E-state index in [1.165, 1.54) is 24.4 Å². The highest BCUT2D eigenvalue weighted by Gasteiger charge is 2.33. The number of ether oxygens (including phenoxy) is 1. The first kappa shape index (κ1) is 31.0. The first-order valence-electron chi connectivity index (χ1n) is 12.4. The summed E-state index contributed by atoms with van der Waals surface area (Å²) in [5.74, 6) is -4.57. The van der Waals surface area contributed by atoms with Gasteiger partial charge in [0, 0.05) is 30.4 Å². The number of aromatic nitrogens is 2. The number of amides is 2. The number of alkyl halides is 2. The van der Waals surface area contributed by atoms with Gasteiger partial charge in [-0.05, 0) is 56.2 Å². The van der Waals surface area contributed by atoms with E-state index >= 15 is 0 Å². The lowest BCUT2D eigenvalue weighted by atomic mass is 10.1. The molecule has 0 unspecified atom stereocenters. The number of carbonyl (C=O) groups is 2. The molecule has 2 heterocycles. The van der Waals surface area contributed by atoms with E-state index in [0.29, 0.717) is 16.1 Å². The first-order chi connectivity index (χ1) is 19.3. The van der Waals surface area contributed by atoms with E-state index in [1.807, 2.05) is 0 Å². The SMILES string of the molecule is CC(C)(C)OC(=O)NCc1ccc(Cl)cc1CNC(=O)Cc1nc(NCC(F)(F)c2ccccn2)cc(C#N)c1O. The summed E-state index contributed by atoms with van der Waals surface area (Å²) in [5, 5.41) is 28.0. The Hall–Kier alpha value is -4.50. The summed E-state index contributed by atoms with van der Waals surface area (Å²) in [7, 11) is 0. The molecule has 0 saturated carbocycles. The maximum atomic E-state index is 14.5.